The first-order valence-electron chi connectivity index (χ1n) is 6.10. The third-order valence-corrected chi connectivity index (χ3v) is 3.21. The molecule has 1 aliphatic carbocycles. The largest absolute Gasteiger partial charge is 0.335 e. The molecule has 21 heavy (non-hydrogen) atoms. The number of hydrogen-bond donors (Lipinski definition) is 1. The van der Waals surface area contributed by atoms with E-state index in [4.69, 9.17) is 11.6 Å². The summed E-state index contributed by atoms with van der Waals surface area (Å²) in [5, 5.41) is 2.30. The highest BCUT2D eigenvalue weighted by Crippen LogP contribution is 2.39. The van der Waals surface area contributed by atoms with E-state index in [9.17, 15) is 17.6 Å². The van der Waals surface area contributed by atoms with Crippen LogP contribution >= 0.6 is 11.6 Å². The fourth-order valence-electron chi connectivity index (χ4n) is 1.83. The van der Waals surface area contributed by atoms with Crippen LogP contribution in [0.5, 0.6) is 0 Å². The molecule has 1 fully saturated rings. The zero-order valence-electron chi connectivity index (χ0n) is 10.4. The maximum absolute atomic E-state index is 13.6. The SMILES string of the molecule is Fc1cc(F)c(F)c(Nc2cc(Cl)nc(C3CC3)n2)c1F. The molecule has 1 aromatic heterocycles. The number of nitrogens with zero attached hydrogens (tertiary/aromatic N) is 2. The Balaban J connectivity index is 2.00. The number of anilines is 2. The third-order valence-electron chi connectivity index (χ3n) is 3.02. The molecular weight excluding hydrogens is 310 g/mol. The van der Waals surface area contributed by atoms with Crippen molar-refractivity contribution in [2.45, 2.75) is 18.8 Å². The van der Waals surface area contributed by atoms with Crippen LogP contribution in [0.15, 0.2) is 12.1 Å². The van der Waals surface area contributed by atoms with Crippen LogP contribution in [0.3, 0.4) is 0 Å². The molecule has 0 spiro atoms. The van der Waals surface area contributed by atoms with Gasteiger partial charge in [0.05, 0.1) is 0 Å². The van der Waals surface area contributed by atoms with E-state index in [2.05, 4.69) is 15.3 Å². The molecular formula is C13H8ClF4N3. The summed E-state index contributed by atoms with van der Waals surface area (Å²) in [6.07, 6.45) is 1.80. The molecule has 0 unspecified atom stereocenters. The summed E-state index contributed by atoms with van der Waals surface area (Å²) in [7, 11) is 0. The summed E-state index contributed by atoms with van der Waals surface area (Å²) >= 11 is 5.80. The van der Waals surface area contributed by atoms with E-state index in [1.807, 2.05) is 0 Å². The Bertz CT molecular complexity index is 693. The van der Waals surface area contributed by atoms with Crippen molar-refractivity contribution >= 4 is 23.1 Å². The van der Waals surface area contributed by atoms with Crippen LogP contribution in [0.1, 0.15) is 24.6 Å². The third kappa shape index (κ3) is 2.78. The lowest BCUT2D eigenvalue weighted by molar-refractivity contribution is 0.459. The van der Waals surface area contributed by atoms with Gasteiger partial charge < -0.3 is 5.32 Å². The van der Waals surface area contributed by atoms with Gasteiger partial charge in [0.25, 0.3) is 0 Å². The molecule has 0 saturated heterocycles. The van der Waals surface area contributed by atoms with Crippen LogP contribution in [0, 0.1) is 23.3 Å². The molecule has 1 aromatic carbocycles. The molecule has 1 heterocycles. The predicted molar refractivity (Wildman–Crippen MR) is 68.6 cm³/mol. The molecule has 0 bridgehead atoms. The van der Waals surface area contributed by atoms with E-state index in [-0.39, 0.29) is 23.0 Å². The Morgan fingerprint density at radius 2 is 1.62 bits per heavy atom. The Kier molecular flexibility index (Phi) is 3.44. The molecule has 0 amide bonds. The zero-order chi connectivity index (χ0) is 15.1. The number of rotatable bonds is 3. The van der Waals surface area contributed by atoms with Gasteiger partial charge in [0.2, 0.25) is 0 Å². The molecule has 0 radical (unpaired) electrons. The maximum Gasteiger partial charge on any atom is 0.185 e. The monoisotopic (exact) mass is 317 g/mol. The normalized spacial score (nSPS) is 14.3. The zero-order valence-corrected chi connectivity index (χ0v) is 11.2. The number of benzene rings is 1. The maximum atomic E-state index is 13.6. The van der Waals surface area contributed by atoms with Crippen molar-refractivity contribution in [3.05, 3.63) is 46.4 Å². The smallest absolute Gasteiger partial charge is 0.185 e. The minimum atomic E-state index is -1.53. The van der Waals surface area contributed by atoms with E-state index in [1.165, 1.54) is 6.07 Å². The summed E-state index contributed by atoms with van der Waals surface area (Å²) in [6.45, 7) is 0. The first-order chi connectivity index (χ1) is 9.95. The van der Waals surface area contributed by atoms with Gasteiger partial charge in [0.15, 0.2) is 23.3 Å². The van der Waals surface area contributed by atoms with Crippen LogP contribution in [0.25, 0.3) is 0 Å². The van der Waals surface area contributed by atoms with E-state index in [0.29, 0.717) is 5.82 Å². The fourth-order valence-corrected chi connectivity index (χ4v) is 2.02. The molecule has 8 heteroatoms. The van der Waals surface area contributed by atoms with Crippen molar-refractivity contribution in [2.24, 2.45) is 0 Å². The van der Waals surface area contributed by atoms with E-state index >= 15 is 0 Å². The van der Waals surface area contributed by atoms with Gasteiger partial charge in [0, 0.05) is 18.1 Å². The molecule has 0 aliphatic heterocycles. The Labute approximate surface area is 122 Å². The van der Waals surface area contributed by atoms with Gasteiger partial charge in [0.1, 0.15) is 22.5 Å². The number of nitrogens with one attached hydrogen (secondary N) is 1. The highest BCUT2D eigenvalue weighted by atomic mass is 35.5. The predicted octanol–water partition coefficient (Wildman–Crippen LogP) is 4.31. The molecule has 2 aromatic rings. The summed E-state index contributed by atoms with van der Waals surface area (Å²) < 4.78 is 53.4. The lowest BCUT2D eigenvalue weighted by Gasteiger charge is -2.10. The van der Waals surface area contributed by atoms with Crippen molar-refractivity contribution < 1.29 is 17.6 Å². The Hall–Kier alpha value is -1.89. The highest BCUT2D eigenvalue weighted by Gasteiger charge is 2.27. The minimum absolute atomic E-state index is 0.0281. The van der Waals surface area contributed by atoms with E-state index < -0.39 is 29.0 Å². The van der Waals surface area contributed by atoms with Gasteiger partial charge in [-0.05, 0) is 12.8 Å². The Morgan fingerprint density at radius 3 is 2.19 bits per heavy atom. The van der Waals surface area contributed by atoms with Crippen molar-refractivity contribution in [3.8, 4) is 0 Å². The first-order valence-corrected chi connectivity index (χ1v) is 6.48. The van der Waals surface area contributed by atoms with Gasteiger partial charge in [-0.15, -0.1) is 0 Å². The van der Waals surface area contributed by atoms with Crippen LogP contribution in [-0.4, -0.2) is 9.97 Å². The summed E-state index contributed by atoms with van der Waals surface area (Å²) in [6, 6.07) is 1.35. The molecule has 1 aliphatic rings. The van der Waals surface area contributed by atoms with Crippen molar-refractivity contribution in [1.29, 1.82) is 0 Å². The van der Waals surface area contributed by atoms with Gasteiger partial charge in [-0.2, -0.15) is 0 Å². The number of aromatic nitrogens is 2. The molecule has 0 atom stereocenters. The van der Waals surface area contributed by atoms with Crippen molar-refractivity contribution in [1.82, 2.24) is 9.97 Å². The summed E-state index contributed by atoms with van der Waals surface area (Å²) in [4.78, 5) is 8.04. The summed E-state index contributed by atoms with van der Waals surface area (Å²) in [5.74, 6) is -5.50. The second-order valence-electron chi connectivity index (χ2n) is 4.68. The first kappa shape index (κ1) is 14.1. The minimum Gasteiger partial charge on any atom is -0.335 e. The van der Waals surface area contributed by atoms with Gasteiger partial charge >= 0.3 is 0 Å². The second kappa shape index (κ2) is 5.14. The molecule has 110 valence electrons. The summed E-state index contributed by atoms with van der Waals surface area (Å²) in [5.41, 5.74) is -0.955. The van der Waals surface area contributed by atoms with Gasteiger partial charge in [-0.1, -0.05) is 11.6 Å². The van der Waals surface area contributed by atoms with E-state index in [1.54, 1.807) is 0 Å². The topological polar surface area (TPSA) is 37.8 Å². The van der Waals surface area contributed by atoms with Gasteiger partial charge in [-0.3, -0.25) is 0 Å². The van der Waals surface area contributed by atoms with Crippen LogP contribution in [0.4, 0.5) is 29.1 Å². The fraction of sp³-hybridized carbons (Fsp3) is 0.231. The van der Waals surface area contributed by atoms with Crippen molar-refractivity contribution in [2.75, 3.05) is 5.32 Å². The van der Waals surface area contributed by atoms with Crippen LogP contribution in [-0.2, 0) is 0 Å². The molecule has 3 rings (SSSR count). The molecule has 1 saturated carbocycles. The molecule has 3 nitrogen and oxygen atoms in total. The number of halogens is 5. The Morgan fingerprint density at radius 1 is 1.00 bits per heavy atom. The van der Waals surface area contributed by atoms with Gasteiger partial charge in [-0.25, -0.2) is 27.5 Å². The van der Waals surface area contributed by atoms with E-state index in [0.717, 1.165) is 12.8 Å². The number of hydrogen-bond acceptors (Lipinski definition) is 3. The lowest BCUT2D eigenvalue weighted by atomic mass is 10.2. The average Bonchev–Trinajstić information content (AvgIpc) is 3.25. The standard InChI is InChI=1S/C13H8ClF4N3/c14-8-4-9(21-13(19-8)5-1-2-5)20-12-10(17)6(15)3-7(16)11(12)18/h3-5H,1-2H2,(H,19,20,21). The van der Waals surface area contributed by atoms with Crippen LogP contribution in [0.2, 0.25) is 5.15 Å². The second-order valence-corrected chi connectivity index (χ2v) is 5.06. The van der Waals surface area contributed by atoms with Crippen molar-refractivity contribution in [3.63, 3.8) is 0 Å². The molecule has 1 N–H and O–H groups in total. The highest BCUT2D eigenvalue weighted by molar-refractivity contribution is 6.29. The quantitative estimate of drug-likeness (QED) is 0.521. The average molecular weight is 318 g/mol. The lowest BCUT2D eigenvalue weighted by Crippen LogP contribution is -2.05. The van der Waals surface area contributed by atoms with Crippen LogP contribution < -0.4 is 5.32 Å².